The van der Waals surface area contributed by atoms with Crippen molar-refractivity contribution in [1.82, 2.24) is 9.80 Å². The van der Waals surface area contributed by atoms with Crippen LogP contribution in [-0.2, 0) is 17.6 Å². The molecule has 5 nitrogen and oxygen atoms in total. The second-order valence-corrected chi connectivity index (χ2v) is 7.39. The minimum absolute atomic E-state index is 0.0160. The van der Waals surface area contributed by atoms with E-state index in [2.05, 4.69) is 48.5 Å². The highest BCUT2D eigenvalue weighted by Gasteiger charge is 2.20. The summed E-state index contributed by atoms with van der Waals surface area (Å²) in [6.07, 6.45) is 2.18. The maximum atomic E-state index is 12.6. The average Bonchev–Trinajstić information content (AvgIpc) is 2.73. The number of rotatable bonds is 6. The minimum Gasteiger partial charge on any atom is -0.336 e. The van der Waals surface area contributed by atoms with Crippen molar-refractivity contribution in [3.8, 4) is 0 Å². The first-order valence-electron chi connectivity index (χ1n) is 10.0. The van der Waals surface area contributed by atoms with Crippen molar-refractivity contribution >= 4 is 17.5 Å². The molecule has 0 aliphatic carbocycles. The van der Waals surface area contributed by atoms with Gasteiger partial charge in [0.15, 0.2) is 0 Å². The van der Waals surface area contributed by atoms with E-state index in [1.54, 1.807) is 24.3 Å². The van der Waals surface area contributed by atoms with E-state index in [4.69, 9.17) is 0 Å². The smallest absolute Gasteiger partial charge is 0.253 e. The standard InChI is InChI=1S/C23H29N3O2/c1-3-18-4-6-19(7-5-18)8-13-22(27)24-21-11-9-20(10-12-21)23(28)26-16-14-25(2)15-17-26/h4-7,9-12H,3,8,13-17H2,1-2H3,(H,24,27). The molecule has 5 heteroatoms. The van der Waals surface area contributed by atoms with E-state index in [0.717, 1.165) is 44.7 Å². The van der Waals surface area contributed by atoms with Crippen molar-refractivity contribution in [1.29, 1.82) is 0 Å². The van der Waals surface area contributed by atoms with Gasteiger partial charge in [0.1, 0.15) is 0 Å². The van der Waals surface area contributed by atoms with Crippen LogP contribution in [0.3, 0.4) is 0 Å². The Labute approximate surface area is 167 Å². The minimum atomic E-state index is -0.0160. The Morgan fingerprint density at radius 3 is 2.11 bits per heavy atom. The van der Waals surface area contributed by atoms with Gasteiger partial charge in [-0.05, 0) is 55.3 Å². The molecule has 0 spiro atoms. The summed E-state index contributed by atoms with van der Waals surface area (Å²) in [6, 6.07) is 15.6. The van der Waals surface area contributed by atoms with Crippen LogP contribution in [-0.4, -0.2) is 54.8 Å². The SMILES string of the molecule is CCc1ccc(CCC(=O)Nc2ccc(C(=O)N3CCN(C)CC3)cc2)cc1. The molecule has 3 rings (SSSR count). The molecule has 0 saturated carbocycles. The summed E-state index contributed by atoms with van der Waals surface area (Å²) in [5, 5.41) is 2.92. The third-order valence-electron chi connectivity index (χ3n) is 5.28. The molecule has 0 bridgehead atoms. The van der Waals surface area contributed by atoms with Gasteiger partial charge in [0.25, 0.3) is 5.91 Å². The Balaban J connectivity index is 1.49. The van der Waals surface area contributed by atoms with Gasteiger partial charge in [0, 0.05) is 43.9 Å². The lowest BCUT2D eigenvalue weighted by atomic mass is 10.1. The molecular formula is C23H29N3O2. The van der Waals surface area contributed by atoms with Gasteiger partial charge in [-0.2, -0.15) is 0 Å². The molecule has 0 radical (unpaired) electrons. The third-order valence-corrected chi connectivity index (χ3v) is 5.28. The summed E-state index contributed by atoms with van der Waals surface area (Å²) >= 11 is 0. The van der Waals surface area contributed by atoms with Gasteiger partial charge < -0.3 is 15.1 Å². The summed E-state index contributed by atoms with van der Waals surface area (Å²) < 4.78 is 0. The number of nitrogens with zero attached hydrogens (tertiary/aromatic N) is 2. The Kier molecular flexibility index (Phi) is 6.82. The molecule has 0 aromatic heterocycles. The predicted molar refractivity (Wildman–Crippen MR) is 113 cm³/mol. The molecule has 2 amide bonds. The summed E-state index contributed by atoms with van der Waals surface area (Å²) in [4.78, 5) is 28.9. The molecule has 2 aromatic rings. The molecule has 1 aliphatic rings. The summed E-state index contributed by atoms with van der Waals surface area (Å²) in [5.74, 6) is 0.0409. The Morgan fingerprint density at radius 1 is 0.893 bits per heavy atom. The number of hydrogen-bond donors (Lipinski definition) is 1. The summed E-state index contributed by atoms with van der Waals surface area (Å²) in [7, 11) is 2.07. The quantitative estimate of drug-likeness (QED) is 0.839. The maximum absolute atomic E-state index is 12.6. The van der Waals surface area contributed by atoms with Crippen LogP contribution in [0.25, 0.3) is 0 Å². The molecule has 1 heterocycles. The number of anilines is 1. The van der Waals surface area contributed by atoms with Crippen molar-refractivity contribution in [3.05, 3.63) is 65.2 Å². The van der Waals surface area contributed by atoms with Gasteiger partial charge in [0.05, 0.1) is 0 Å². The topological polar surface area (TPSA) is 52.7 Å². The van der Waals surface area contributed by atoms with Gasteiger partial charge in [-0.1, -0.05) is 31.2 Å². The number of amides is 2. The second-order valence-electron chi connectivity index (χ2n) is 7.39. The zero-order chi connectivity index (χ0) is 19.9. The van der Waals surface area contributed by atoms with E-state index < -0.39 is 0 Å². The van der Waals surface area contributed by atoms with Crippen LogP contribution in [0.15, 0.2) is 48.5 Å². The molecule has 1 aliphatic heterocycles. The first-order chi connectivity index (χ1) is 13.5. The Hall–Kier alpha value is -2.66. The van der Waals surface area contributed by atoms with Gasteiger partial charge in [-0.15, -0.1) is 0 Å². The lowest BCUT2D eigenvalue weighted by molar-refractivity contribution is -0.116. The van der Waals surface area contributed by atoms with Crippen LogP contribution in [0.2, 0.25) is 0 Å². The Bertz CT molecular complexity index is 792. The first kappa shape index (κ1) is 20.1. The molecule has 1 saturated heterocycles. The van der Waals surface area contributed by atoms with E-state index >= 15 is 0 Å². The molecule has 1 N–H and O–H groups in total. The van der Waals surface area contributed by atoms with Crippen molar-refractivity contribution in [3.63, 3.8) is 0 Å². The van der Waals surface area contributed by atoms with Gasteiger partial charge in [0.2, 0.25) is 5.91 Å². The van der Waals surface area contributed by atoms with Crippen LogP contribution in [0.1, 0.15) is 34.8 Å². The van der Waals surface area contributed by atoms with Crippen molar-refractivity contribution in [2.24, 2.45) is 0 Å². The van der Waals surface area contributed by atoms with E-state index in [9.17, 15) is 9.59 Å². The van der Waals surface area contributed by atoms with Crippen LogP contribution in [0.4, 0.5) is 5.69 Å². The highest BCUT2D eigenvalue weighted by Crippen LogP contribution is 2.14. The third kappa shape index (κ3) is 5.42. The van der Waals surface area contributed by atoms with Crippen molar-refractivity contribution in [2.45, 2.75) is 26.2 Å². The fraction of sp³-hybridized carbons (Fsp3) is 0.391. The molecule has 148 valence electrons. The summed E-state index contributed by atoms with van der Waals surface area (Å²) in [5.41, 5.74) is 3.86. The van der Waals surface area contributed by atoms with Gasteiger partial charge in [-0.3, -0.25) is 9.59 Å². The highest BCUT2D eigenvalue weighted by atomic mass is 16.2. The number of benzene rings is 2. The average molecular weight is 380 g/mol. The molecule has 1 fully saturated rings. The second kappa shape index (κ2) is 9.51. The highest BCUT2D eigenvalue weighted by molar-refractivity contribution is 5.96. The van der Waals surface area contributed by atoms with E-state index in [-0.39, 0.29) is 11.8 Å². The number of carbonyl (C=O) groups is 2. The zero-order valence-electron chi connectivity index (χ0n) is 16.8. The number of aryl methyl sites for hydroxylation is 2. The van der Waals surface area contributed by atoms with Crippen LogP contribution >= 0.6 is 0 Å². The summed E-state index contributed by atoms with van der Waals surface area (Å²) in [6.45, 7) is 5.45. The number of carbonyl (C=O) groups excluding carboxylic acids is 2. The lowest BCUT2D eigenvalue weighted by Crippen LogP contribution is -2.47. The van der Waals surface area contributed by atoms with E-state index in [0.29, 0.717) is 12.0 Å². The molecular weight excluding hydrogens is 350 g/mol. The Morgan fingerprint density at radius 2 is 1.50 bits per heavy atom. The monoisotopic (exact) mass is 379 g/mol. The largest absolute Gasteiger partial charge is 0.336 e. The van der Waals surface area contributed by atoms with E-state index in [1.807, 2.05) is 4.90 Å². The fourth-order valence-electron chi connectivity index (χ4n) is 3.31. The van der Waals surface area contributed by atoms with Crippen LogP contribution in [0.5, 0.6) is 0 Å². The zero-order valence-corrected chi connectivity index (χ0v) is 16.8. The molecule has 28 heavy (non-hydrogen) atoms. The number of piperazine rings is 1. The van der Waals surface area contributed by atoms with Gasteiger partial charge in [-0.25, -0.2) is 0 Å². The predicted octanol–water partition coefficient (Wildman–Crippen LogP) is 3.21. The number of likely N-dealkylation sites (N-methyl/N-ethyl adjacent to an activating group) is 1. The van der Waals surface area contributed by atoms with E-state index in [1.165, 1.54) is 11.1 Å². The molecule has 0 atom stereocenters. The van der Waals surface area contributed by atoms with Crippen LogP contribution in [0, 0.1) is 0 Å². The molecule has 0 unspecified atom stereocenters. The maximum Gasteiger partial charge on any atom is 0.253 e. The molecule has 2 aromatic carbocycles. The van der Waals surface area contributed by atoms with Crippen molar-refractivity contribution < 1.29 is 9.59 Å². The van der Waals surface area contributed by atoms with Crippen LogP contribution < -0.4 is 5.32 Å². The fourth-order valence-corrected chi connectivity index (χ4v) is 3.31. The van der Waals surface area contributed by atoms with Crippen molar-refractivity contribution in [2.75, 3.05) is 38.5 Å². The normalized spacial score (nSPS) is 14.7. The number of nitrogens with one attached hydrogen (secondary N) is 1. The van der Waals surface area contributed by atoms with Gasteiger partial charge >= 0.3 is 0 Å². The lowest BCUT2D eigenvalue weighted by Gasteiger charge is -2.32. The first-order valence-corrected chi connectivity index (χ1v) is 10.0. The number of hydrogen-bond acceptors (Lipinski definition) is 3.